The van der Waals surface area contributed by atoms with Gasteiger partial charge in [0.2, 0.25) is 0 Å². The Kier molecular flexibility index (Phi) is 2.61. The van der Waals surface area contributed by atoms with Gasteiger partial charge in [-0.2, -0.15) is 0 Å². The standard InChI is InChI=1S/C11H22N2/c1-11(5-6-11)9-12-10-3-7-13(2)8-4-10/h10,12H,3-9H2,1-2H3. The summed E-state index contributed by atoms with van der Waals surface area (Å²) in [6.07, 6.45) is 5.55. The van der Waals surface area contributed by atoms with E-state index in [2.05, 4.69) is 24.2 Å². The lowest BCUT2D eigenvalue weighted by Crippen LogP contribution is -2.42. The van der Waals surface area contributed by atoms with Crippen molar-refractivity contribution in [2.45, 2.75) is 38.6 Å². The van der Waals surface area contributed by atoms with Crippen molar-refractivity contribution in [2.24, 2.45) is 5.41 Å². The highest BCUT2D eigenvalue weighted by atomic mass is 15.1. The Bertz CT molecular complexity index is 167. The van der Waals surface area contributed by atoms with Crippen LogP contribution < -0.4 is 5.32 Å². The van der Waals surface area contributed by atoms with E-state index in [9.17, 15) is 0 Å². The number of nitrogens with one attached hydrogen (secondary N) is 1. The summed E-state index contributed by atoms with van der Waals surface area (Å²) in [5, 5.41) is 3.72. The van der Waals surface area contributed by atoms with Crippen LogP contribution in [0.15, 0.2) is 0 Å². The van der Waals surface area contributed by atoms with Gasteiger partial charge in [-0.1, -0.05) is 6.92 Å². The minimum Gasteiger partial charge on any atom is -0.313 e. The number of piperidine rings is 1. The summed E-state index contributed by atoms with van der Waals surface area (Å²) in [5.41, 5.74) is 0.670. The average Bonchev–Trinajstić information content (AvgIpc) is 2.84. The van der Waals surface area contributed by atoms with Crippen molar-refractivity contribution in [3.05, 3.63) is 0 Å². The molecule has 1 N–H and O–H groups in total. The van der Waals surface area contributed by atoms with Crippen molar-refractivity contribution < 1.29 is 0 Å². The molecule has 1 aliphatic heterocycles. The topological polar surface area (TPSA) is 15.3 Å². The smallest absolute Gasteiger partial charge is 0.00916 e. The lowest BCUT2D eigenvalue weighted by molar-refractivity contribution is 0.229. The van der Waals surface area contributed by atoms with Gasteiger partial charge in [0.15, 0.2) is 0 Å². The third kappa shape index (κ3) is 2.68. The van der Waals surface area contributed by atoms with Crippen LogP contribution in [0.5, 0.6) is 0 Å². The lowest BCUT2D eigenvalue weighted by Gasteiger charge is -2.30. The molecule has 2 fully saturated rings. The van der Waals surface area contributed by atoms with E-state index in [0.29, 0.717) is 5.41 Å². The molecule has 1 heterocycles. The van der Waals surface area contributed by atoms with Gasteiger partial charge in [-0.3, -0.25) is 0 Å². The largest absolute Gasteiger partial charge is 0.313 e. The Hall–Kier alpha value is -0.0800. The number of hydrogen-bond donors (Lipinski definition) is 1. The minimum atomic E-state index is 0.670. The number of hydrogen-bond acceptors (Lipinski definition) is 2. The molecule has 0 unspecified atom stereocenters. The molecule has 0 amide bonds. The Labute approximate surface area is 81.7 Å². The molecule has 1 saturated heterocycles. The normalized spacial score (nSPS) is 29.1. The van der Waals surface area contributed by atoms with Gasteiger partial charge in [-0.05, 0) is 51.2 Å². The maximum absolute atomic E-state index is 3.72. The maximum atomic E-state index is 3.72. The zero-order valence-electron chi connectivity index (χ0n) is 8.97. The van der Waals surface area contributed by atoms with Crippen LogP contribution >= 0.6 is 0 Å². The summed E-state index contributed by atoms with van der Waals surface area (Å²) in [5.74, 6) is 0. The van der Waals surface area contributed by atoms with Crippen LogP contribution in [0.2, 0.25) is 0 Å². The number of rotatable bonds is 3. The van der Waals surface area contributed by atoms with E-state index in [1.54, 1.807) is 0 Å². The molecular weight excluding hydrogens is 160 g/mol. The third-order valence-corrected chi connectivity index (χ3v) is 3.64. The van der Waals surface area contributed by atoms with Crippen LogP contribution in [0.25, 0.3) is 0 Å². The van der Waals surface area contributed by atoms with Crippen LogP contribution in [0, 0.1) is 5.41 Å². The quantitative estimate of drug-likeness (QED) is 0.711. The SMILES string of the molecule is CN1CCC(NCC2(C)CC2)CC1. The molecule has 2 heteroatoms. The summed E-state index contributed by atoms with van der Waals surface area (Å²) in [4.78, 5) is 2.43. The summed E-state index contributed by atoms with van der Waals surface area (Å²) in [6.45, 7) is 6.19. The molecule has 13 heavy (non-hydrogen) atoms. The van der Waals surface area contributed by atoms with Crippen LogP contribution in [0.4, 0.5) is 0 Å². The monoisotopic (exact) mass is 182 g/mol. The molecule has 0 atom stereocenters. The van der Waals surface area contributed by atoms with Crippen molar-refractivity contribution in [3.63, 3.8) is 0 Å². The molecule has 0 aromatic heterocycles. The second-order valence-electron chi connectivity index (χ2n) is 5.27. The molecular formula is C11H22N2. The fourth-order valence-corrected chi connectivity index (χ4v) is 1.99. The highest BCUT2D eigenvalue weighted by molar-refractivity contribution is 4.91. The first-order chi connectivity index (χ1) is 6.18. The number of nitrogens with zero attached hydrogens (tertiary/aromatic N) is 1. The molecule has 0 bridgehead atoms. The average molecular weight is 182 g/mol. The molecule has 76 valence electrons. The van der Waals surface area contributed by atoms with Gasteiger partial charge in [0, 0.05) is 12.6 Å². The second kappa shape index (κ2) is 3.58. The molecule has 0 aromatic rings. The molecule has 2 rings (SSSR count). The fraction of sp³-hybridized carbons (Fsp3) is 1.00. The Morgan fingerprint density at radius 3 is 2.46 bits per heavy atom. The van der Waals surface area contributed by atoms with Gasteiger partial charge in [-0.15, -0.1) is 0 Å². The lowest BCUT2D eigenvalue weighted by atomic mass is 10.0. The van der Waals surface area contributed by atoms with Crippen molar-refractivity contribution in [2.75, 3.05) is 26.7 Å². The predicted molar refractivity (Wildman–Crippen MR) is 55.9 cm³/mol. The summed E-state index contributed by atoms with van der Waals surface area (Å²) < 4.78 is 0. The van der Waals surface area contributed by atoms with Gasteiger partial charge < -0.3 is 10.2 Å². The van der Waals surface area contributed by atoms with Gasteiger partial charge >= 0.3 is 0 Å². The van der Waals surface area contributed by atoms with Gasteiger partial charge in [-0.25, -0.2) is 0 Å². The van der Waals surface area contributed by atoms with E-state index in [1.807, 2.05) is 0 Å². The van der Waals surface area contributed by atoms with E-state index in [1.165, 1.54) is 45.3 Å². The van der Waals surface area contributed by atoms with E-state index < -0.39 is 0 Å². The zero-order valence-corrected chi connectivity index (χ0v) is 8.97. The Morgan fingerprint density at radius 2 is 1.92 bits per heavy atom. The van der Waals surface area contributed by atoms with Crippen LogP contribution in [-0.4, -0.2) is 37.6 Å². The first kappa shape index (κ1) is 9.47. The van der Waals surface area contributed by atoms with Crippen LogP contribution in [0.3, 0.4) is 0 Å². The minimum absolute atomic E-state index is 0.670. The number of likely N-dealkylation sites (tertiary alicyclic amines) is 1. The van der Waals surface area contributed by atoms with Crippen molar-refractivity contribution >= 4 is 0 Å². The molecule has 0 aromatic carbocycles. The molecule has 1 aliphatic carbocycles. The maximum Gasteiger partial charge on any atom is 0.00916 e. The third-order valence-electron chi connectivity index (χ3n) is 3.64. The highest BCUT2D eigenvalue weighted by Gasteiger charge is 2.37. The molecule has 1 saturated carbocycles. The predicted octanol–water partition coefficient (Wildman–Crippen LogP) is 1.47. The summed E-state index contributed by atoms with van der Waals surface area (Å²) >= 11 is 0. The second-order valence-corrected chi connectivity index (χ2v) is 5.27. The van der Waals surface area contributed by atoms with E-state index >= 15 is 0 Å². The van der Waals surface area contributed by atoms with E-state index in [4.69, 9.17) is 0 Å². The molecule has 2 nitrogen and oxygen atoms in total. The molecule has 2 aliphatic rings. The molecule has 0 radical (unpaired) electrons. The fourth-order valence-electron chi connectivity index (χ4n) is 1.99. The first-order valence-electron chi connectivity index (χ1n) is 5.60. The summed E-state index contributed by atoms with van der Waals surface area (Å²) in [6, 6.07) is 0.800. The Morgan fingerprint density at radius 1 is 1.31 bits per heavy atom. The van der Waals surface area contributed by atoms with Crippen LogP contribution in [-0.2, 0) is 0 Å². The highest BCUT2D eigenvalue weighted by Crippen LogP contribution is 2.44. The van der Waals surface area contributed by atoms with Crippen molar-refractivity contribution in [3.8, 4) is 0 Å². The Balaban J connectivity index is 1.65. The summed E-state index contributed by atoms with van der Waals surface area (Å²) in [7, 11) is 2.22. The van der Waals surface area contributed by atoms with Gasteiger partial charge in [0.1, 0.15) is 0 Å². The van der Waals surface area contributed by atoms with Crippen LogP contribution in [0.1, 0.15) is 32.6 Å². The van der Waals surface area contributed by atoms with E-state index in [-0.39, 0.29) is 0 Å². The van der Waals surface area contributed by atoms with Crippen molar-refractivity contribution in [1.82, 2.24) is 10.2 Å². The van der Waals surface area contributed by atoms with Gasteiger partial charge in [0.25, 0.3) is 0 Å². The first-order valence-corrected chi connectivity index (χ1v) is 5.60. The zero-order chi connectivity index (χ0) is 9.31. The van der Waals surface area contributed by atoms with Crippen molar-refractivity contribution in [1.29, 1.82) is 0 Å². The molecule has 0 spiro atoms. The van der Waals surface area contributed by atoms with Gasteiger partial charge in [0.05, 0.1) is 0 Å². The van der Waals surface area contributed by atoms with E-state index in [0.717, 1.165) is 6.04 Å².